The predicted molar refractivity (Wildman–Crippen MR) is 97.1 cm³/mol. The number of rotatable bonds is 2. The van der Waals surface area contributed by atoms with Gasteiger partial charge in [0.1, 0.15) is 20.2 Å². The maximum atomic E-state index is 10.7. The SMILES string of the molecule is Cc1c(S(=O)(=O)[O-])ccc(N)c1Cl.Cc1c(S(=O)(=O)[O-])ccc(N)c1Cl.[Ni+2]. The van der Waals surface area contributed by atoms with Gasteiger partial charge in [0.25, 0.3) is 0 Å². The summed E-state index contributed by atoms with van der Waals surface area (Å²) >= 11 is 11.3. The number of hydrogen-bond donors (Lipinski definition) is 2. The van der Waals surface area contributed by atoms with Crippen molar-refractivity contribution in [2.45, 2.75) is 23.6 Å². The molecule has 0 bridgehead atoms. The van der Waals surface area contributed by atoms with Crippen LogP contribution >= 0.6 is 23.2 Å². The van der Waals surface area contributed by atoms with Gasteiger partial charge in [0.05, 0.1) is 31.2 Å². The van der Waals surface area contributed by atoms with E-state index in [1.165, 1.54) is 26.0 Å². The minimum Gasteiger partial charge on any atom is -0.744 e. The van der Waals surface area contributed by atoms with E-state index < -0.39 is 20.2 Å². The third-order valence-electron chi connectivity index (χ3n) is 3.27. The molecular formula is C14H14Cl2N2NiO6S2. The molecule has 0 heterocycles. The van der Waals surface area contributed by atoms with Crippen molar-refractivity contribution in [3.05, 3.63) is 45.4 Å². The third kappa shape index (κ3) is 6.50. The fourth-order valence-electron chi connectivity index (χ4n) is 1.92. The Morgan fingerprint density at radius 1 is 0.741 bits per heavy atom. The van der Waals surface area contributed by atoms with Crippen molar-refractivity contribution in [3.8, 4) is 0 Å². The summed E-state index contributed by atoms with van der Waals surface area (Å²) in [5.74, 6) is 0. The van der Waals surface area contributed by atoms with Crippen LogP contribution in [-0.4, -0.2) is 25.9 Å². The van der Waals surface area contributed by atoms with Gasteiger partial charge in [-0.2, -0.15) is 0 Å². The van der Waals surface area contributed by atoms with E-state index in [1.807, 2.05) is 0 Å². The Labute approximate surface area is 177 Å². The van der Waals surface area contributed by atoms with Crippen LogP contribution in [-0.2, 0) is 36.7 Å². The van der Waals surface area contributed by atoms with Crippen molar-refractivity contribution < 1.29 is 42.4 Å². The third-order valence-corrected chi connectivity index (χ3v) is 6.24. The molecule has 0 unspecified atom stereocenters. The Kier molecular flexibility index (Phi) is 9.05. The van der Waals surface area contributed by atoms with E-state index in [0.717, 1.165) is 12.1 Å². The van der Waals surface area contributed by atoms with E-state index in [4.69, 9.17) is 34.7 Å². The minimum absolute atomic E-state index is 0. The second kappa shape index (κ2) is 9.42. The Morgan fingerprint density at radius 3 is 1.22 bits per heavy atom. The van der Waals surface area contributed by atoms with Gasteiger partial charge in [-0.05, 0) is 49.2 Å². The van der Waals surface area contributed by atoms with Crippen LogP contribution in [0.5, 0.6) is 0 Å². The first-order chi connectivity index (χ1) is 11.7. The summed E-state index contributed by atoms with van der Waals surface area (Å²) in [4.78, 5) is -0.654. The Hall–Kier alpha value is -1.07. The molecular weight excluding hydrogens is 486 g/mol. The molecule has 2 aromatic rings. The average Bonchev–Trinajstić information content (AvgIpc) is 2.48. The van der Waals surface area contributed by atoms with Crippen LogP contribution in [0.2, 0.25) is 10.0 Å². The van der Waals surface area contributed by atoms with Crippen LogP contribution in [0.1, 0.15) is 11.1 Å². The van der Waals surface area contributed by atoms with Gasteiger partial charge in [-0.25, -0.2) is 16.8 Å². The molecule has 0 spiro atoms. The van der Waals surface area contributed by atoms with Crippen LogP contribution in [0.25, 0.3) is 0 Å². The van der Waals surface area contributed by atoms with Gasteiger partial charge < -0.3 is 20.6 Å². The first kappa shape index (κ1) is 25.9. The molecule has 0 amide bonds. The van der Waals surface area contributed by atoms with Crippen molar-refractivity contribution in [3.63, 3.8) is 0 Å². The molecule has 0 aliphatic carbocycles. The van der Waals surface area contributed by atoms with Crippen molar-refractivity contribution in [2.75, 3.05) is 11.5 Å². The molecule has 27 heavy (non-hydrogen) atoms. The zero-order valence-electron chi connectivity index (χ0n) is 13.8. The monoisotopic (exact) mass is 498 g/mol. The zero-order valence-corrected chi connectivity index (χ0v) is 17.9. The number of hydrogen-bond acceptors (Lipinski definition) is 8. The van der Waals surface area contributed by atoms with Crippen molar-refractivity contribution in [1.82, 2.24) is 0 Å². The number of benzene rings is 2. The van der Waals surface area contributed by atoms with Crippen molar-refractivity contribution >= 4 is 54.8 Å². The van der Waals surface area contributed by atoms with Crippen LogP contribution in [0, 0.1) is 13.8 Å². The van der Waals surface area contributed by atoms with Crippen LogP contribution < -0.4 is 11.5 Å². The van der Waals surface area contributed by atoms with E-state index in [1.54, 1.807) is 0 Å². The first-order valence-corrected chi connectivity index (χ1v) is 10.3. The Morgan fingerprint density at radius 2 is 1.00 bits per heavy atom. The normalized spacial score (nSPS) is 11.2. The minimum atomic E-state index is -4.46. The molecule has 2 rings (SSSR count). The summed E-state index contributed by atoms with van der Waals surface area (Å²) in [5, 5.41) is 0.217. The summed E-state index contributed by atoms with van der Waals surface area (Å²) in [7, 11) is -8.93. The molecule has 0 aromatic heterocycles. The van der Waals surface area contributed by atoms with Gasteiger partial charge in [0, 0.05) is 0 Å². The van der Waals surface area contributed by atoms with Gasteiger partial charge in [-0.1, -0.05) is 23.2 Å². The molecule has 0 saturated heterocycles. The van der Waals surface area contributed by atoms with Gasteiger partial charge >= 0.3 is 16.5 Å². The van der Waals surface area contributed by atoms with Gasteiger partial charge in [0.2, 0.25) is 0 Å². The number of halogens is 2. The van der Waals surface area contributed by atoms with E-state index >= 15 is 0 Å². The van der Waals surface area contributed by atoms with E-state index in [2.05, 4.69) is 0 Å². The number of anilines is 2. The van der Waals surface area contributed by atoms with Gasteiger partial charge in [-0.3, -0.25) is 0 Å². The molecule has 0 radical (unpaired) electrons. The van der Waals surface area contributed by atoms with Crippen LogP contribution in [0.4, 0.5) is 11.4 Å². The Balaban J connectivity index is 0.000000483. The van der Waals surface area contributed by atoms with Gasteiger partial charge in [-0.15, -0.1) is 0 Å². The zero-order chi connectivity index (χ0) is 20.4. The van der Waals surface area contributed by atoms with Crippen molar-refractivity contribution in [1.29, 1.82) is 0 Å². The summed E-state index contributed by atoms with van der Waals surface area (Å²) < 4.78 is 64.0. The molecule has 0 aliphatic heterocycles. The topological polar surface area (TPSA) is 166 Å². The molecule has 13 heteroatoms. The summed E-state index contributed by atoms with van der Waals surface area (Å²) in [6, 6.07) is 4.89. The van der Waals surface area contributed by atoms with E-state index in [-0.39, 0.29) is 58.8 Å². The quantitative estimate of drug-likeness (QED) is 0.360. The maximum absolute atomic E-state index is 10.7. The van der Waals surface area contributed by atoms with Crippen LogP contribution in [0.3, 0.4) is 0 Å². The first-order valence-electron chi connectivity index (χ1n) is 6.68. The van der Waals surface area contributed by atoms with Gasteiger partial charge in [0.15, 0.2) is 0 Å². The molecule has 0 saturated carbocycles. The summed E-state index contributed by atoms with van der Waals surface area (Å²) in [5.41, 5.74) is 11.7. The van der Waals surface area contributed by atoms with Crippen LogP contribution in [0.15, 0.2) is 34.1 Å². The molecule has 4 N–H and O–H groups in total. The number of nitrogens with two attached hydrogens (primary N) is 2. The van der Waals surface area contributed by atoms with Crippen molar-refractivity contribution in [2.24, 2.45) is 0 Å². The van der Waals surface area contributed by atoms with E-state index in [9.17, 15) is 25.9 Å². The fraction of sp³-hybridized carbons (Fsp3) is 0.143. The molecule has 0 atom stereocenters. The predicted octanol–water partition coefficient (Wildman–Crippen LogP) is 2.27. The Bertz CT molecular complexity index is 974. The standard InChI is InChI=1S/2C7H8ClNO3S.Ni/c2*1-4-6(13(10,11)12)3-2-5(9)7(4)8;/h2*2-3H,9H2,1H3,(H,10,11,12);/q;;+2/p-2. The molecule has 0 aliphatic rings. The maximum Gasteiger partial charge on any atom is 2.00 e. The molecule has 8 nitrogen and oxygen atoms in total. The summed E-state index contributed by atoms with van der Waals surface area (Å²) in [6.07, 6.45) is 0. The molecule has 152 valence electrons. The second-order valence-corrected chi connectivity index (χ2v) is 8.54. The smallest absolute Gasteiger partial charge is 0.744 e. The molecule has 2 aromatic carbocycles. The fourth-order valence-corrected chi connectivity index (χ4v) is 3.78. The largest absolute Gasteiger partial charge is 2.00 e. The van der Waals surface area contributed by atoms with E-state index in [0.29, 0.717) is 0 Å². The summed E-state index contributed by atoms with van der Waals surface area (Å²) in [6.45, 7) is 2.87. The average molecular weight is 500 g/mol. The second-order valence-electron chi connectivity index (χ2n) is 5.09. The number of nitrogen functional groups attached to an aromatic ring is 2. The molecule has 0 fully saturated rings.